The minimum absolute atomic E-state index is 0.0165. The topological polar surface area (TPSA) is 29.5 Å². The van der Waals surface area contributed by atoms with Gasteiger partial charge in [-0.2, -0.15) is 26.3 Å². The van der Waals surface area contributed by atoms with E-state index in [0.717, 1.165) is 48.4 Å². The number of hydrogen-bond acceptors (Lipinski definition) is 4. The van der Waals surface area contributed by atoms with Gasteiger partial charge in [0.25, 0.3) is 0 Å². The number of hydrogen-bond donors (Lipinski definition) is 1. The van der Waals surface area contributed by atoms with Crippen molar-refractivity contribution in [2.75, 3.05) is 6.61 Å². The number of rotatable bonds is 10. The van der Waals surface area contributed by atoms with Crippen molar-refractivity contribution in [2.24, 2.45) is 0 Å². The molecule has 0 radical (unpaired) electrons. The summed E-state index contributed by atoms with van der Waals surface area (Å²) in [6, 6.07) is 15.3. The van der Waals surface area contributed by atoms with Crippen LogP contribution in [0.15, 0.2) is 60.7 Å². The molecule has 0 amide bonds. The fourth-order valence-electron chi connectivity index (χ4n) is 5.24. The summed E-state index contributed by atoms with van der Waals surface area (Å²) in [7, 11) is 0. The summed E-state index contributed by atoms with van der Waals surface area (Å²) >= 11 is 2.10. The first kappa shape index (κ1) is 31.2. The highest BCUT2D eigenvalue weighted by molar-refractivity contribution is 7.16. The van der Waals surface area contributed by atoms with Crippen molar-refractivity contribution in [1.82, 2.24) is 0 Å². The van der Waals surface area contributed by atoms with E-state index < -0.39 is 28.9 Å². The Morgan fingerprint density at radius 2 is 1.14 bits per heavy atom. The Morgan fingerprint density at radius 3 is 1.60 bits per heavy atom. The number of phenols is 1. The van der Waals surface area contributed by atoms with Gasteiger partial charge in [-0.15, -0.1) is 22.7 Å². The zero-order valence-electron chi connectivity index (χ0n) is 23.7. The predicted octanol–water partition coefficient (Wildman–Crippen LogP) is 11.3. The minimum Gasteiger partial charge on any atom is -0.508 e. The minimum atomic E-state index is -5.64. The van der Waals surface area contributed by atoms with Gasteiger partial charge in [-0.1, -0.05) is 26.2 Å². The van der Waals surface area contributed by atoms with E-state index in [-0.39, 0.29) is 26.6 Å². The Balaban J connectivity index is 1.56. The fourth-order valence-corrected chi connectivity index (χ4v) is 7.30. The molecular formula is C33H30F6O2S2. The molecule has 1 N–H and O–H groups in total. The number of aromatic hydroxyl groups is 1. The van der Waals surface area contributed by atoms with Crippen molar-refractivity contribution < 1.29 is 36.2 Å². The normalized spacial score (nSPS) is 17.0. The average molecular weight is 637 g/mol. The summed E-state index contributed by atoms with van der Waals surface area (Å²) in [6.45, 7) is 5.60. The van der Waals surface area contributed by atoms with Gasteiger partial charge in [0.15, 0.2) is 0 Å². The molecule has 0 unspecified atom stereocenters. The SMILES string of the molecule is CCCCCCOc1ccc(-c2cc(C3=C(c4cc(-c5ccc(O)cc5)sc4C)C(F)(F)C(F)(F)C3(F)F)c(C)s2)cc1. The van der Waals surface area contributed by atoms with E-state index in [9.17, 15) is 13.9 Å². The summed E-state index contributed by atoms with van der Waals surface area (Å²) in [5.41, 5.74) is -2.24. The highest BCUT2D eigenvalue weighted by atomic mass is 32.1. The molecule has 10 heteroatoms. The number of unbranched alkanes of at least 4 members (excludes halogenated alkanes) is 3. The van der Waals surface area contributed by atoms with E-state index in [1.807, 2.05) is 0 Å². The maximum atomic E-state index is 15.5. The van der Waals surface area contributed by atoms with E-state index in [2.05, 4.69) is 6.92 Å². The average Bonchev–Trinajstić information content (AvgIpc) is 3.56. The second-order valence-electron chi connectivity index (χ2n) is 10.6. The molecule has 0 saturated heterocycles. The molecule has 1 aliphatic rings. The van der Waals surface area contributed by atoms with Crippen LogP contribution in [0.2, 0.25) is 0 Å². The molecule has 0 spiro atoms. The fraction of sp³-hybridized carbons (Fsp3) is 0.333. The van der Waals surface area contributed by atoms with E-state index in [0.29, 0.717) is 33.2 Å². The van der Waals surface area contributed by atoms with E-state index in [4.69, 9.17) is 4.74 Å². The first-order valence-electron chi connectivity index (χ1n) is 13.9. The third kappa shape index (κ3) is 5.48. The number of thiophene rings is 2. The van der Waals surface area contributed by atoms with Crippen LogP contribution in [-0.2, 0) is 0 Å². The summed E-state index contributed by atoms with van der Waals surface area (Å²) < 4.78 is 97.8. The molecule has 0 aliphatic heterocycles. The lowest BCUT2D eigenvalue weighted by atomic mass is 9.94. The van der Waals surface area contributed by atoms with Crippen LogP contribution < -0.4 is 4.74 Å². The molecule has 0 saturated carbocycles. The molecule has 0 bridgehead atoms. The van der Waals surface area contributed by atoms with Crippen molar-refractivity contribution >= 4 is 33.8 Å². The molecule has 2 aromatic heterocycles. The number of alkyl halides is 6. The lowest BCUT2D eigenvalue weighted by molar-refractivity contribution is -0.254. The largest absolute Gasteiger partial charge is 0.508 e. The Morgan fingerprint density at radius 1 is 0.674 bits per heavy atom. The molecule has 43 heavy (non-hydrogen) atoms. The van der Waals surface area contributed by atoms with Gasteiger partial charge < -0.3 is 9.84 Å². The third-order valence-corrected chi connectivity index (χ3v) is 9.80. The lowest BCUT2D eigenvalue weighted by Gasteiger charge is -2.25. The van der Waals surface area contributed by atoms with E-state index in [1.165, 1.54) is 50.2 Å². The van der Waals surface area contributed by atoms with Crippen LogP contribution in [0.3, 0.4) is 0 Å². The molecule has 2 aromatic carbocycles. The van der Waals surface area contributed by atoms with Gasteiger partial charge in [-0.05, 0) is 103 Å². The quantitative estimate of drug-likeness (QED) is 0.139. The Bertz CT molecular complexity index is 1630. The summed E-state index contributed by atoms with van der Waals surface area (Å²) in [5.74, 6) is -15.3. The van der Waals surface area contributed by atoms with E-state index in [1.54, 1.807) is 24.3 Å². The van der Waals surface area contributed by atoms with Gasteiger partial charge in [-0.25, -0.2) is 0 Å². The van der Waals surface area contributed by atoms with Crippen LogP contribution in [0.25, 0.3) is 32.0 Å². The molecule has 2 nitrogen and oxygen atoms in total. The number of phenolic OH excluding ortho intramolecular Hbond substituents is 1. The number of allylic oxidation sites excluding steroid dienone is 2. The van der Waals surface area contributed by atoms with Gasteiger partial charge in [0, 0.05) is 30.7 Å². The van der Waals surface area contributed by atoms with Crippen molar-refractivity contribution in [1.29, 1.82) is 0 Å². The van der Waals surface area contributed by atoms with Crippen molar-refractivity contribution in [3.63, 3.8) is 0 Å². The summed E-state index contributed by atoms with van der Waals surface area (Å²) in [5, 5.41) is 9.59. The van der Waals surface area contributed by atoms with Crippen LogP contribution in [0, 0.1) is 13.8 Å². The lowest BCUT2D eigenvalue weighted by Crippen LogP contribution is -2.48. The highest BCUT2D eigenvalue weighted by Crippen LogP contribution is 2.66. The molecule has 0 atom stereocenters. The predicted molar refractivity (Wildman–Crippen MR) is 162 cm³/mol. The van der Waals surface area contributed by atoms with Crippen LogP contribution >= 0.6 is 22.7 Å². The zero-order valence-corrected chi connectivity index (χ0v) is 25.4. The monoisotopic (exact) mass is 636 g/mol. The van der Waals surface area contributed by atoms with Crippen molar-refractivity contribution in [3.8, 4) is 32.4 Å². The first-order valence-corrected chi connectivity index (χ1v) is 15.6. The van der Waals surface area contributed by atoms with Crippen LogP contribution in [-0.4, -0.2) is 29.5 Å². The maximum Gasteiger partial charge on any atom is 0.380 e. The molecule has 5 rings (SSSR count). The number of benzene rings is 2. The van der Waals surface area contributed by atoms with E-state index >= 15 is 17.6 Å². The first-order chi connectivity index (χ1) is 20.3. The molecule has 2 heterocycles. The summed E-state index contributed by atoms with van der Waals surface area (Å²) in [6.07, 6.45) is 4.23. The Hall–Kier alpha value is -3.24. The van der Waals surface area contributed by atoms with Gasteiger partial charge in [0.1, 0.15) is 11.5 Å². The van der Waals surface area contributed by atoms with Crippen LogP contribution in [0.5, 0.6) is 11.5 Å². The molecular weight excluding hydrogens is 606 g/mol. The number of aryl methyl sites for hydroxylation is 2. The van der Waals surface area contributed by atoms with Gasteiger partial charge >= 0.3 is 17.8 Å². The zero-order chi connectivity index (χ0) is 31.2. The molecule has 1 aliphatic carbocycles. The Labute approximate surface area is 254 Å². The second-order valence-corrected chi connectivity index (χ2v) is 13.1. The maximum absolute atomic E-state index is 15.5. The van der Waals surface area contributed by atoms with Crippen LogP contribution in [0.1, 0.15) is 53.5 Å². The molecule has 4 aromatic rings. The van der Waals surface area contributed by atoms with Crippen molar-refractivity contribution in [2.45, 2.75) is 64.2 Å². The second kappa shape index (κ2) is 11.7. The number of ether oxygens (including phenoxy) is 1. The van der Waals surface area contributed by atoms with Gasteiger partial charge in [0.05, 0.1) is 6.61 Å². The van der Waals surface area contributed by atoms with Gasteiger partial charge in [-0.3, -0.25) is 0 Å². The smallest absolute Gasteiger partial charge is 0.380 e. The van der Waals surface area contributed by atoms with Crippen LogP contribution in [0.4, 0.5) is 26.3 Å². The summed E-state index contributed by atoms with van der Waals surface area (Å²) in [4.78, 5) is 1.32. The highest BCUT2D eigenvalue weighted by Gasteiger charge is 2.80. The van der Waals surface area contributed by atoms with Gasteiger partial charge in [0.2, 0.25) is 0 Å². The Kier molecular flexibility index (Phi) is 8.48. The third-order valence-electron chi connectivity index (χ3n) is 7.60. The molecule has 228 valence electrons. The van der Waals surface area contributed by atoms with Crippen molar-refractivity contribution in [3.05, 3.63) is 81.5 Å². The number of halogens is 6. The standard InChI is InChI=1S/C33H30F6O2S2/c1-4-5-6-7-16-41-24-14-10-22(11-15-24)28-18-26(20(3)43-28)30-29(31(34,35)33(38,39)32(30,36)37)25-17-27(42-19(25)2)21-8-12-23(40)13-9-21/h8-15,17-18,40H,4-7,16H2,1-3H3. The molecule has 0 fully saturated rings.